The summed E-state index contributed by atoms with van der Waals surface area (Å²) in [6, 6.07) is 16.5. The van der Waals surface area contributed by atoms with Gasteiger partial charge in [0.05, 0.1) is 11.6 Å². The molecule has 25 heavy (non-hydrogen) atoms. The smallest absolute Gasteiger partial charge is 0.338 e. The maximum Gasteiger partial charge on any atom is 0.338 e. The average Bonchev–Trinajstić information content (AvgIpc) is 2.60. The van der Waals surface area contributed by atoms with Crippen molar-refractivity contribution >= 4 is 34.9 Å². The minimum absolute atomic E-state index is 0.211. The lowest BCUT2D eigenvalue weighted by Crippen LogP contribution is -2.45. The van der Waals surface area contributed by atoms with Crippen LogP contribution in [0.3, 0.4) is 0 Å². The van der Waals surface area contributed by atoms with E-state index in [-0.39, 0.29) is 6.61 Å². The standard InChI is InChI=1S/C19H17ClN2O2S/c1-12-16(18(23)24-11-13-6-3-2-4-7-13)17(22-19(25)21-12)14-8-5-9-15(20)10-14/h2-10,17H,11H2,1H3,(H2,21,22,25)/t17-/m1/s1. The zero-order chi connectivity index (χ0) is 17.8. The van der Waals surface area contributed by atoms with Gasteiger partial charge in [0.2, 0.25) is 0 Å². The van der Waals surface area contributed by atoms with E-state index in [2.05, 4.69) is 10.6 Å². The molecule has 6 heteroatoms. The Labute approximate surface area is 156 Å². The van der Waals surface area contributed by atoms with Crippen molar-refractivity contribution in [2.75, 3.05) is 0 Å². The Balaban J connectivity index is 1.85. The molecule has 2 N–H and O–H groups in total. The lowest BCUT2D eigenvalue weighted by molar-refractivity contribution is -0.140. The van der Waals surface area contributed by atoms with E-state index in [1.54, 1.807) is 6.07 Å². The summed E-state index contributed by atoms with van der Waals surface area (Å²) in [5.41, 5.74) is 2.95. The maximum atomic E-state index is 12.7. The molecule has 0 radical (unpaired) electrons. The zero-order valence-corrected chi connectivity index (χ0v) is 15.2. The van der Waals surface area contributed by atoms with Crippen LogP contribution in [0.5, 0.6) is 0 Å². The molecule has 1 aliphatic heterocycles. The quantitative estimate of drug-likeness (QED) is 0.630. The van der Waals surface area contributed by atoms with Crippen molar-refractivity contribution in [3.63, 3.8) is 0 Å². The molecular weight excluding hydrogens is 356 g/mol. The summed E-state index contributed by atoms with van der Waals surface area (Å²) in [4.78, 5) is 12.7. The van der Waals surface area contributed by atoms with Gasteiger partial charge in [0.15, 0.2) is 5.11 Å². The molecule has 0 unspecified atom stereocenters. The van der Waals surface area contributed by atoms with Crippen molar-refractivity contribution in [2.24, 2.45) is 0 Å². The monoisotopic (exact) mass is 372 g/mol. The number of allylic oxidation sites excluding steroid dienone is 1. The lowest BCUT2D eigenvalue weighted by Gasteiger charge is -2.30. The summed E-state index contributed by atoms with van der Waals surface area (Å²) in [7, 11) is 0. The number of carbonyl (C=O) groups is 1. The Morgan fingerprint density at radius 1 is 1.20 bits per heavy atom. The Bertz CT molecular complexity index is 836. The molecule has 0 spiro atoms. The number of rotatable bonds is 4. The maximum absolute atomic E-state index is 12.7. The van der Waals surface area contributed by atoms with Gasteiger partial charge < -0.3 is 15.4 Å². The van der Waals surface area contributed by atoms with Gasteiger partial charge in [0, 0.05) is 10.7 Å². The van der Waals surface area contributed by atoms with Gasteiger partial charge in [0.1, 0.15) is 6.61 Å². The highest BCUT2D eigenvalue weighted by molar-refractivity contribution is 7.80. The van der Waals surface area contributed by atoms with E-state index in [0.29, 0.717) is 21.4 Å². The molecule has 128 valence electrons. The van der Waals surface area contributed by atoms with E-state index in [1.165, 1.54) is 0 Å². The second-order valence-corrected chi connectivity index (χ2v) is 6.53. The SMILES string of the molecule is CC1=C(C(=O)OCc2ccccc2)[C@@H](c2cccc(Cl)c2)NC(=S)N1. The number of hydrogen-bond donors (Lipinski definition) is 2. The fraction of sp³-hybridized carbons (Fsp3) is 0.158. The molecule has 3 rings (SSSR count). The van der Waals surface area contributed by atoms with E-state index in [4.69, 9.17) is 28.6 Å². The molecule has 2 aromatic rings. The fourth-order valence-electron chi connectivity index (χ4n) is 2.70. The van der Waals surface area contributed by atoms with Gasteiger partial charge in [-0.3, -0.25) is 0 Å². The van der Waals surface area contributed by atoms with Crippen molar-refractivity contribution < 1.29 is 9.53 Å². The first kappa shape index (κ1) is 17.5. The molecule has 4 nitrogen and oxygen atoms in total. The summed E-state index contributed by atoms with van der Waals surface area (Å²) in [5.74, 6) is -0.395. The molecule has 0 saturated carbocycles. The van der Waals surface area contributed by atoms with Crippen molar-refractivity contribution in [1.82, 2.24) is 10.6 Å². The number of esters is 1. The molecule has 0 aliphatic carbocycles. The number of hydrogen-bond acceptors (Lipinski definition) is 3. The normalized spacial score (nSPS) is 16.9. The predicted molar refractivity (Wildman–Crippen MR) is 102 cm³/mol. The van der Waals surface area contributed by atoms with Crippen LogP contribution in [0, 0.1) is 0 Å². The van der Waals surface area contributed by atoms with Crippen molar-refractivity contribution in [1.29, 1.82) is 0 Å². The average molecular weight is 373 g/mol. The van der Waals surface area contributed by atoms with Crippen LogP contribution < -0.4 is 10.6 Å². The topological polar surface area (TPSA) is 50.4 Å². The van der Waals surface area contributed by atoms with Gasteiger partial charge in [-0.1, -0.05) is 54.1 Å². The minimum Gasteiger partial charge on any atom is -0.457 e. The largest absolute Gasteiger partial charge is 0.457 e. The number of halogens is 1. The van der Waals surface area contributed by atoms with E-state index >= 15 is 0 Å². The number of carbonyl (C=O) groups excluding carboxylic acids is 1. The summed E-state index contributed by atoms with van der Waals surface area (Å²) >= 11 is 11.3. The van der Waals surface area contributed by atoms with Gasteiger partial charge in [-0.15, -0.1) is 0 Å². The molecular formula is C19H17ClN2O2S. The van der Waals surface area contributed by atoms with Crippen molar-refractivity contribution in [3.8, 4) is 0 Å². The molecule has 0 saturated heterocycles. The summed E-state index contributed by atoms with van der Waals surface area (Å²) in [6.07, 6.45) is 0. The van der Waals surface area contributed by atoms with Crippen LogP contribution in [0.1, 0.15) is 24.1 Å². The third-order valence-corrected chi connectivity index (χ3v) is 4.34. The number of nitrogens with one attached hydrogen (secondary N) is 2. The molecule has 1 heterocycles. The van der Waals surface area contributed by atoms with Crippen LogP contribution in [0.4, 0.5) is 0 Å². The number of benzene rings is 2. The van der Waals surface area contributed by atoms with Crippen LogP contribution in [0.15, 0.2) is 65.9 Å². The summed E-state index contributed by atoms with van der Waals surface area (Å²) < 4.78 is 5.50. The lowest BCUT2D eigenvalue weighted by atomic mass is 9.96. The molecule has 2 aromatic carbocycles. The first-order valence-corrected chi connectivity index (χ1v) is 8.58. The molecule has 0 aromatic heterocycles. The predicted octanol–water partition coefficient (Wildman–Crippen LogP) is 3.88. The fourth-order valence-corrected chi connectivity index (χ4v) is 3.17. The molecule has 1 atom stereocenters. The highest BCUT2D eigenvalue weighted by atomic mass is 35.5. The Morgan fingerprint density at radius 2 is 1.96 bits per heavy atom. The molecule has 0 fully saturated rings. The minimum atomic E-state index is -0.407. The highest BCUT2D eigenvalue weighted by Gasteiger charge is 2.31. The Kier molecular flexibility index (Phi) is 5.36. The van der Waals surface area contributed by atoms with Crippen LogP contribution in [-0.4, -0.2) is 11.1 Å². The van der Waals surface area contributed by atoms with Crippen LogP contribution >= 0.6 is 23.8 Å². The van der Waals surface area contributed by atoms with Crippen molar-refractivity contribution in [3.05, 3.63) is 82.0 Å². The van der Waals surface area contributed by atoms with E-state index in [1.807, 2.05) is 55.5 Å². The van der Waals surface area contributed by atoms with Crippen molar-refractivity contribution in [2.45, 2.75) is 19.6 Å². The zero-order valence-electron chi connectivity index (χ0n) is 13.6. The van der Waals surface area contributed by atoms with Crippen LogP contribution in [-0.2, 0) is 16.1 Å². The Morgan fingerprint density at radius 3 is 2.68 bits per heavy atom. The number of thiocarbonyl (C=S) groups is 1. The number of ether oxygens (including phenoxy) is 1. The molecule has 1 aliphatic rings. The molecule has 0 bridgehead atoms. The third kappa shape index (κ3) is 4.18. The molecule has 0 amide bonds. The highest BCUT2D eigenvalue weighted by Crippen LogP contribution is 2.29. The van der Waals surface area contributed by atoms with Gasteiger partial charge in [-0.05, 0) is 42.4 Å². The second-order valence-electron chi connectivity index (χ2n) is 5.69. The van der Waals surface area contributed by atoms with E-state index in [0.717, 1.165) is 11.1 Å². The first-order chi connectivity index (χ1) is 12.0. The van der Waals surface area contributed by atoms with E-state index < -0.39 is 12.0 Å². The van der Waals surface area contributed by atoms with Gasteiger partial charge >= 0.3 is 5.97 Å². The Hall–Kier alpha value is -2.37. The second kappa shape index (κ2) is 7.68. The van der Waals surface area contributed by atoms with Crippen LogP contribution in [0.25, 0.3) is 0 Å². The van der Waals surface area contributed by atoms with Crippen LogP contribution in [0.2, 0.25) is 5.02 Å². The van der Waals surface area contributed by atoms with Gasteiger partial charge in [-0.25, -0.2) is 4.79 Å². The summed E-state index contributed by atoms with van der Waals surface area (Å²) in [6.45, 7) is 2.02. The van der Waals surface area contributed by atoms with Gasteiger partial charge in [-0.2, -0.15) is 0 Å². The first-order valence-electron chi connectivity index (χ1n) is 7.79. The van der Waals surface area contributed by atoms with E-state index in [9.17, 15) is 4.79 Å². The third-order valence-electron chi connectivity index (χ3n) is 3.88. The van der Waals surface area contributed by atoms with Gasteiger partial charge in [0.25, 0.3) is 0 Å². The summed E-state index contributed by atoms with van der Waals surface area (Å²) in [5, 5.41) is 7.17.